The first-order valence-corrected chi connectivity index (χ1v) is 10.9. The normalized spacial score (nSPS) is 11.0. The number of phenolic OH excluding ortho intramolecular Hbond substituents is 1. The van der Waals surface area contributed by atoms with Crippen LogP contribution in [0.5, 0.6) is 5.75 Å². The highest BCUT2D eigenvalue weighted by Crippen LogP contribution is 2.31. The number of hydrogen-bond donors (Lipinski definition) is 3. The number of carbonyl (C=O) groups is 1. The molecule has 0 atom stereocenters. The molecule has 0 unspecified atom stereocenters. The molecule has 0 fully saturated rings. The number of phenols is 1. The van der Waals surface area contributed by atoms with Crippen LogP contribution in [-0.2, 0) is 4.79 Å². The van der Waals surface area contributed by atoms with Crippen molar-refractivity contribution in [2.24, 2.45) is 0 Å². The number of aromatic hydroxyl groups is 1. The van der Waals surface area contributed by atoms with Gasteiger partial charge in [-0.15, -0.1) is 0 Å². The Bertz CT molecular complexity index is 1470. The highest BCUT2D eigenvalue weighted by atomic mass is 79.9. The molecule has 0 bridgehead atoms. The molecular formula is C23H15BrN4O5S. The van der Waals surface area contributed by atoms with E-state index in [0.29, 0.717) is 38.3 Å². The number of thiocarbonyl (C=S) groups is 1. The molecular weight excluding hydrogens is 524 g/mol. The van der Waals surface area contributed by atoms with Crippen molar-refractivity contribution in [3.63, 3.8) is 0 Å². The molecule has 1 amide bonds. The van der Waals surface area contributed by atoms with Crippen LogP contribution >= 0.6 is 28.1 Å². The van der Waals surface area contributed by atoms with E-state index in [1.54, 1.807) is 36.4 Å². The Morgan fingerprint density at radius 1 is 1.18 bits per heavy atom. The van der Waals surface area contributed by atoms with Crippen LogP contribution in [0.3, 0.4) is 0 Å². The number of nitrogens with zero attached hydrogens (tertiary/aromatic N) is 2. The van der Waals surface area contributed by atoms with E-state index >= 15 is 0 Å². The zero-order valence-electron chi connectivity index (χ0n) is 17.2. The molecule has 0 aliphatic rings. The van der Waals surface area contributed by atoms with Gasteiger partial charge >= 0.3 is 0 Å². The van der Waals surface area contributed by atoms with Gasteiger partial charge in [-0.3, -0.25) is 20.2 Å². The number of hydrogen-bond acceptors (Lipinski definition) is 7. The molecule has 0 aliphatic heterocycles. The second-order valence-electron chi connectivity index (χ2n) is 7.00. The van der Waals surface area contributed by atoms with Gasteiger partial charge in [-0.05, 0) is 76.2 Å². The second-order valence-corrected chi connectivity index (χ2v) is 8.26. The summed E-state index contributed by atoms with van der Waals surface area (Å²) in [5.74, 6) is 0.00330. The Kier molecular flexibility index (Phi) is 6.66. The first-order chi connectivity index (χ1) is 16.3. The fourth-order valence-electron chi connectivity index (χ4n) is 3.00. The highest BCUT2D eigenvalue weighted by Gasteiger charge is 2.11. The SMILES string of the molecule is O=C(/C=C/c1cccc([N+](=O)[O-])c1)NC(=S)Nc1ccc2oc(-c3ccc(O)c(Br)c3)nc2c1. The molecule has 0 saturated heterocycles. The van der Waals surface area contributed by atoms with E-state index < -0.39 is 10.8 Å². The van der Waals surface area contributed by atoms with Crippen molar-refractivity contribution in [1.29, 1.82) is 0 Å². The van der Waals surface area contributed by atoms with E-state index in [2.05, 4.69) is 31.5 Å². The molecule has 34 heavy (non-hydrogen) atoms. The number of anilines is 1. The third-order valence-electron chi connectivity index (χ3n) is 4.58. The Balaban J connectivity index is 1.41. The minimum atomic E-state index is -0.505. The number of amides is 1. The van der Waals surface area contributed by atoms with Gasteiger partial charge < -0.3 is 14.8 Å². The second kappa shape index (κ2) is 9.81. The number of carbonyl (C=O) groups excluding carboxylic acids is 1. The van der Waals surface area contributed by atoms with E-state index in [4.69, 9.17) is 16.6 Å². The van der Waals surface area contributed by atoms with Crippen molar-refractivity contribution in [3.8, 4) is 17.2 Å². The molecule has 0 radical (unpaired) electrons. The van der Waals surface area contributed by atoms with Gasteiger partial charge in [-0.2, -0.15) is 0 Å². The molecule has 3 N–H and O–H groups in total. The van der Waals surface area contributed by atoms with Gasteiger partial charge in [0.15, 0.2) is 10.7 Å². The summed E-state index contributed by atoms with van der Waals surface area (Å²) in [6.45, 7) is 0. The van der Waals surface area contributed by atoms with Gasteiger partial charge in [0.05, 0.1) is 9.40 Å². The smallest absolute Gasteiger partial charge is 0.270 e. The number of fused-ring (bicyclic) bond motifs is 1. The molecule has 0 spiro atoms. The average Bonchev–Trinajstić information content (AvgIpc) is 3.23. The number of aromatic nitrogens is 1. The molecule has 3 aromatic carbocycles. The lowest BCUT2D eigenvalue weighted by Crippen LogP contribution is -2.32. The fraction of sp³-hybridized carbons (Fsp3) is 0. The quantitative estimate of drug-likeness (QED) is 0.133. The van der Waals surface area contributed by atoms with Crippen molar-refractivity contribution < 1.29 is 19.2 Å². The van der Waals surface area contributed by atoms with Crippen molar-refractivity contribution in [3.05, 3.63) is 86.9 Å². The Hall–Kier alpha value is -4.09. The van der Waals surface area contributed by atoms with Crippen LogP contribution in [0.25, 0.3) is 28.6 Å². The van der Waals surface area contributed by atoms with Crippen LogP contribution in [0.1, 0.15) is 5.56 Å². The van der Waals surface area contributed by atoms with Crippen molar-refractivity contribution in [1.82, 2.24) is 10.3 Å². The van der Waals surface area contributed by atoms with Crippen LogP contribution < -0.4 is 10.6 Å². The lowest BCUT2D eigenvalue weighted by molar-refractivity contribution is -0.384. The number of nitro benzene ring substituents is 1. The van der Waals surface area contributed by atoms with Crippen molar-refractivity contribution in [2.75, 3.05) is 5.32 Å². The number of halogens is 1. The van der Waals surface area contributed by atoms with Crippen LogP contribution in [0.2, 0.25) is 0 Å². The van der Waals surface area contributed by atoms with Crippen LogP contribution in [0.4, 0.5) is 11.4 Å². The lowest BCUT2D eigenvalue weighted by atomic mass is 10.2. The van der Waals surface area contributed by atoms with Gasteiger partial charge in [-0.25, -0.2) is 4.98 Å². The monoisotopic (exact) mass is 538 g/mol. The van der Waals surface area contributed by atoms with Gasteiger partial charge in [0.2, 0.25) is 11.8 Å². The predicted molar refractivity (Wildman–Crippen MR) is 135 cm³/mol. The topological polar surface area (TPSA) is 131 Å². The fourth-order valence-corrected chi connectivity index (χ4v) is 3.60. The maximum atomic E-state index is 12.2. The number of nitrogens with one attached hydrogen (secondary N) is 2. The maximum absolute atomic E-state index is 12.2. The van der Waals surface area contributed by atoms with Crippen molar-refractivity contribution >= 4 is 67.7 Å². The molecule has 0 aliphatic carbocycles. The summed E-state index contributed by atoms with van der Waals surface area (Å²) in [7, 11) is 0. The first-order valence-electron chi connectivity index (χ1n) is 9.72. The molecule has 1 aromatic heterocycles. The average molecular weight is 539 g/mol. The summed E-state index contributed by atoms with van der Waals surface area (Å²) in [5.41, 5.74) is 2.85. The highest BCUT2D eigenvalue weighted by molar-refractivity contribution is 9.10. The van der Waals surface area contributed by atoms with E-state index in [9.17, 15) is 20.0 Å². The summed E-state index contributed by atoms with van der Waals surface area (Å²) in [4.78, 5) is 27.0. The molecule has 1 heterocycles. The molecule has 0 saturated carbocycles. The van der Waals surface area contributed by atoms with Gasteiger partial charge in [0.25, 0.3) is 5.69 Å². The summed E-state index contributed by atoms with van der Waals surface area (Å²) in [5, 5.41) is 26.0. The third kappa shape index (κ3) is 5.45. The summed E-state index contributed by atoms with van der Waals surface area (Å²) in [6.07, 6.45) is 2.69. The lowest BCUT2D eigenvalue weighted by Gasteiger charge is -2.07. The number of oxazole rings is 1. The number of rotatable bonds is 5. The third-order valence-corrected chi connectivity index (χ3v) is 5.42. The largest absolute Gasteiger partial charge is 0.507 e. The Labute approximate surface area is 206 Å². The Morgan fingerprint density at radius 2 is 2.00 bits per heavy atom. The van der Waals surface area contributed by atoms with Gasteiger partial charge in [-0.1, -0.05) is 12.1 Å². The first kappa shape index (κ1) is 23.1. The molecule has 9 nitrogen and oxygen atoms in total. The Morgan fingerprint density at radius 3 is 2.76 bits per heavy atom. The zero-order chi connectivity index (χ0) is 24.2. The van der Waals surface area contributed by atoms with Gasteiger partial charge in [0, 0.05) is 29.5 Å². The van der Waals surface area contributed by atoms with Crippen LogP contribution in [0, 0.1) is 10.1 Å². The van der Waals surface area contributed by atoms with E-state index in [1.807, 2.05) is 0 Å². The standard InChI is InChI=1S/C23H15BrN4O5S/c24-17-11-14(5-7-19(17)29)22-26-18-12-15(6-8-20(18)33-22)25-23(34)27-21(30)9-4-13-2-1-3-16(10-13)28(31)32/h1-12,29H,(H2,25,27,30,34)/b9-4+. The minimum Gasteiger partial charge on any atom is -0.507 e. The minimum absolute atomic E-state index is 0.0656. The maximum Gasteiger partial charge on any atom is 0.270 e. The summed E-state index contributed by atoms with van der Waals surface area (Å²) >= 11 is 8.46. The molecule has 4 rings (SSSR count). The summed E-state index contributed by atoms with van der Waals surface area (Å²) in [6, 6.07) is 16.0. The number of benzene rings is 3. The van der Waals surface area contributed by atoms with E-state index in [1.165, 1.54) is 36.4 Å². The van der Waals surface area contributed by atoms with Gasteiger partial charge in [0.1, 0.15) is 11.3 Å². The van der Waals surface area contributed by atoms with E-state index in [0.717, 1.165) is 0 Å². The van der Waals surface area contributed by atoms with Crippen molar-refractivity contribution in [2.45, 2.75) is 0 Å². The zero-order valence-corrected chi connectivity index (χ0v) is 19.6. The van der Waals surface area contributed by atoms with E-state index in [-0.39, 0.29) is 16.5 Å². The molecule has 11 heteroatoms. The molecule has 170 valence electrons. The summed E-state index contributed by atoms with van der Waals surface area (Å²) < 4.78 is 6.30. The van der Waals surface area contributed by atoms with Crippen LogP contribution in [-0.4, -0.2) is 26.0 Å². The number of non-ortho nitro benzene ring substituents is 1. The predicted octanol–water partition coefficient (Wildman–Crippen LogP) is 5.40. The number of nitro groups is 1. The molecule has 4 aromatic rings. The van der Waals surface area contributed by atoms with Crippen LogP contribution in [0.15, 0.2) is 75.6 Å².